The number of halogens is 1. The van der Waals surface area contributed by atoms with Gasteiger partial charge in [0.2, 0.25) is 10.0 Å². The minimum Gasteiger partial charge on any atom is -0.312 e. The molecule has 4 rings (SSSR count). The van der Waals surface area contributed by atoms with Crippen molar-refractivity contribution in [3.8, 4) is 0 Å². The fraction of sp³-hybridized carbons (Fsp3) is 0.679. The van der Waals surface area contributed by atoms with Crippen LogP contribution in [0.3, 0.4) is 0 Å². The predicted molar refractivity (Wildman–Crippen MR) is 143 cm³/mol. The number of sulfonamides is 1. The maximum atomic E-state index is 13.4. The Balaban J connectivity index is 1.32. The summed E-state index contributed by atoms with van der Waals surface area (Å²) in [6.07, 6.45) is 5.09. The summed E-state index contributed by atoms with van der Waals surface area (Å²) >= 11 is 0. The lowest BCUT2D eigenvalue weighted by Gasteiger charge is -2.34. The van der Waals surface area contributed by atoms with Crippen molar-refractivity contribution in [3.63, 3.8) is 0 Å². The quantitative estimate of drug-likeness (QED) is 0.521. The number of carbonyl (C=O) groups is 2. The summed E-state index contributed by atoms with van der Waals surface area (Å²) in [6.45, 7) is 5.67. The smallest absolute Gasteiger partial charge is 0.253 e. The molecule has 9 heteroatoms. The number of hydrogen-bond donors (Lipinski definition) is 1. The Morgan fingerprint density at radius 2 is 1.89 bits per heavy atom. The van der Waals surface area contributed by atoms with Gasteiger partial charge < -0.3 is 5.32 Å². The molecule has 3 aliphatic rings. The average Bonchev–Trinajstić information content (AvgIpc) is 3.14. The topological polar surface area (TPSA) is 95.9 Å². The molecule has 2 fully saturated rings. The lowest BCUT2D eigenvalue weighted by molar-refractivity contribution is -0.125. The van der Waals surface area contributed by atoms with Gasteiger partial charge in [0.05, 0.1) is 11.9 Å². The zero-order valence-corrected chi connectivity index (χ0v) is 23.1. The highest BCUT2D eigenvalue weighted by Gasteiger charge is 2.48. The van der Waals surface area contributed by atoms with E-state index in [1.54, 1.807) is 13.8 Å². The van der Waals surface area contributed by atoms with Crippen molar-refractivity contribution in [1.82, 2.24) is 9.62 Å². The van der Waals surface area contributed by atoms with E-state index in [1.165, 1.54) is 4.31 Å². The van der Waals surface area contributed by atoms with E-state index in [2.05, 4.69) is 5.32 Å². The Morgan fingerprint density at radius 3 is 2.49 bits per heavy atom. The number of alkyl halides is 1. The fourth-order valence-electron chi connectivity index (χ4n) is 6.14. The lowest BCUT2D eigenvalue weighted by Crippen LogP contribution is -2.51. The summed E-state index contributed by atoms with van der Waals surface area (Å²) in [5.74, 6) is 1.34. The standard InChI is InChI=1S/C28H40FN3O4S/c1-19-16-23(18-21(3)33)6-7-24(19)10-15-37(35,36)32-13-11-28(12-14-32)27(34)30-26(31-28)25-8-4-22(5-9-25)17-20(2)29/h6-7,16,20,22,25H,4-5,8-15,17-18H2,1-3H3,(H,30,31,34). The molecule has 1 atom stereocenters. The van der Waals surface area contributed by atoms with Gasteiger partial charge in [-0.25, -0.2) is 17.1 Å². The molecule has 0 bridgehead atoms. The van der Waals surface area contributed by atoms with E-state index < -0.39 is 21.7 Å². The summed E-state index contributed by atoms with van der Waals surface area (Å²) in [7, 11) is -3.47. The van der Waals surface area contributed by atoms with Crippen molar-refractivity contribution in [2.24, 2.45) is 16.8 Å². The minimum atomic E-state index is -3.47. The molecule has 1 saturated heterocycles. The van der Waals surface area contributed by atoms with E-state index in [4.69, 9.17) is 4.99 Å². The molecule has 1 N–H and O–H groups in total. The number of hydrogen-bond acceptors (Lipinski definition) is 5. The summed E-state index contributed by atoms with van der Waals surface area (Å²) in [5.41, 5.74) is 2.03. The van der Waals surface area contributed by atoms with Crippen LogP contribution < -0.4 is 5.32 Å². The summed E-state index contributed by atoms with van der Waals surface area (Å²) in [6, 6.07) is 5.76. The van der Waals surface area contributed by atoms with E-state index >= 15 is 0 Å². The Bertz CT molecular complexity index is 1150. The first kappa shape index (κ1) is 27.9. The Morgan fingerprint density at radius 1 is 1.22 bits per heavy atom. The van der Waals surface area contributed by atoms with Gasteiger partial charge in [0.25, 0.3) is 5.91 Å². The van der Waals surface area contributed by atoms with Crippen molar-refractivity contribution in [1.29, 1.82) is 0 Å². The van der Waals surface area contributed by atoms with Crippen LogP contribution in [-0.2, 0) is 32.5 Å². The van der Waals surface area contributed by atoms with Gasteiger partial charge in [-0.05, 0) is 94.7 Å². The van der Waals surface area contributed by atoms with Gasteiger partial charge in [-0.2, -0.15) is 0 Å². The fourth-order valence-corrected chi connectivity index (χ4v) is 7.62. The van der Waals surface area contributed by atoms with Crippen LogP contribution in [0.2, 0.25) is 0 Å². The molecule has 1 aromatic rings. The normalized spacial score (nSPS) is 25.1. The van der Waals surface area contributed by atoms with Crippen LogP contribution in [0, 0.1) is 18.8 Å². The van der Waals surface area contributed by atoms with Crippen molar-refractivity contribution in [2.45, 2.75) is 90.3 Å². The zero-order valence-electron chi connectivity index (χ0n) is 22.3. The Labute approximate surface area is 220 Å². The number of aliphatic imine (C=N–C) groups is 1. The van der Waals surface area contributed by atoms with Crippen molar-refractivity contribution < 1.29 is 22.4 Å². The number of carbonyl (C=O) groups excluding carboxylic acids is 2. The number of nitrogens with zero attached hydrogens (tertiary/aromatic N) is 2. The third-order valence-electron chi connectivity index (χ3n) is 8.32. The highest BCUT2D eigenvalue weighted by Crippen LogP contribution is 2.37. The summed E-state index contributed by atoms with van der Waals surface area (Å²) < 4.78 is 41.1. The number of Topliss-reactive ketones (excluding diaryl/α,β-unsaturated/α-hetero) is 1. The highest BCUT2D eigenvalue weighted by molar-refractivity contribution is 7.89. The number of amidine groups is 1. The SMILES string of the molecule is CC(=O)Cc1ccc(CCS(=O)(=O)N2CCC3(CC2)N=C(C2CCC(CC(C)F)CC2)NC3=O)c(C)c1. The molecular formula is C28H40FN3O4S. The molecule has 37 heavy (non-hydrogen) atoms. The molecule has 2 aliphatic heterocycles. The zero-order chi connectivity index (χ0) is 26.8. The van der Waals surface area contributed by atoms with E-state index in [9.17, 15) is 22.4 Å². The minimum absolute atomic E-state index is 0.00828. The Kier molecular flexibility index (Phi) is 8.53. The number of nitrogens with one attached hydrogen (secondary N) is 1. The maximum absolute atomic E-state index is 13.4. The second-order valence-corrected chi connectivity index (χ2v) is 13.4. The molecule has 1 unspecified atom stereocenters. The van der Waals surface area contributed by atoms with E-state index in [-0.39, 0.29) is 36.5 Å². The van der Waals surface area contributed by atoms with Crippen LogP contribution in [0.25, 0.3) is 0 Å². The van der Waals surface area contributed by atoms with Gasteiger partial charge in [0, 0.05) is 25.4 Å². The molecule has 1 aliphatic carbocycles. The average molecular weight is 534 g/mol. The number of aryl methyl sites for hydroxylation is 2. The number of piperidine rings is 1. The molecular weight excluding hydrogens is 493 g/mol. The monoisotopic (exact) mass is 533 g/mol. The van der Waals surface area contributed by atoms with Crippen LogP contribution in [-0.4, -0.2) is 60.8 Å². The van der Waals surface area contributed by atoms with Crippen molar-refractivity contribution in [3.05, 3.63) is 34.9 Å². The van der Waals surface area contributed by atoms with Crippen LogP contribution in [0.1, 0.15) is 75.5 Å². The highest BCUT2D eigenvalue weighted by atomic mass is 32.2. The number of benzene rings is 1. The van der Waals surface area contributed by atoms with Gasteiger partial charge in [0.1, 0.15) is 17.2 Å². The number of rotatable bonds is 9. The third-order valence-corrected chi connectivity index (χ3v) is 10.2. The first-order chi connectivity index (χ1) is 17.5. The van der Waals surface area contributed by atoms with Gasteiger partial charge in [-0.3, -0.25) is 14.6 Å². The Hall–Kier alpha value is -2.13. The second-order valence-electron chi connectivity index (χ2n) is 11.3. The number of amides is 1. The van der Waals surface area contributed by atoms with Gasteiger partial charge in [-0.1, -0.05) is 18.2 Å². The van der Waals surface area contributed by atoms with E-state index in [0.717, 1.165) is 48.2 Å². The largest absolute Gasteiger partial charge is 0.312 e. The predicted octanol–water partition coefficient (Wildman–Crippen LogP) is 3.92. The van der Waals surface area contributed by atoms with E-state index in [1.807, 2.05) is 25.1 Å². The molecule has 0 radical (unpaired) electrons. The molecule has 1 amide bonds. The molecule has 1 spiro atoms. The molecule has 1 saturated carbocycles. The van der Waals surface area contributed by atoms with E-state index in [0.29, 0.717) is 38.0 Å². The van der Waals surface area contributed by atoms with Crippen molar-refractivity contribution in [2.75, 3.05) is 18.8 Å². The van der Waals surface area contributed by atoms with Crippen LogP contribution >= 0.6 is 0 Å². The van der Waals surface area contributed by atoms with Gasteiger partial charge in [0.15, 0.2) is 0 Å². The molecule has 2 heterocycles. The summed E-state index contributed by atoms with van der Waals surface area (Å²) in [4.78, 5) is 29.2. The molecule has 7 nitrogen and oxygen atoms in total. The summed E-state index contributed by atoms with van der Waals surface area (Å²) in [5, 5.41) is 3.01. The van der Waals surface area contributed by atoms with Gasteiger partial charge in [-0.15, -0.1) is 0 Å². The van der Waals surface area contributed by atoms with Crippen molar-refractivity contribution >= 4 is 27.5 Å². The maximum Gasteiger partial charge on any atom is 0.253 e. The third kappa shape index (κ3) is 6.66. The lowest BCUT2D eigenvalue weighted by atomic mass is 9.79. The van der Waals surface area contributed by atoms with Gasteiger partial charge >= 0.3 is 0 Å². The van der Waals surface area contributed by atoms with Crippen LogP contribution in [0.5, 0.6) is 0 Å². The van der Waals surface area contributed by atoms with Crippen LogP contribution in [0.15, 0.2) is 23.2 Å². The first-order valence-corrected chi connectivity index (χ1v) is 15.2. The molecule has 0 aromatic heterocycles. The first-order valence-electron chi connectivity index (χ1n) is 13.6. The second kappa shape index (κ2) is 11.3. The van der Waals surface area contributed by atoms with Crippen LogP contribution in [0.4, 0.5) is 4.39 Å². The molecule has 1 aromatic carbocycles. The molecule has 204 valence electrons. The number of ketones is 1.